The van der Waals surface area contributed by atoms with Crippen LogP contribution in [0.4, 0.5) is 0 Å². The molecule has 0 fully saturated rings. The number of aryl methyl sites for hydroxylation is 1. The van der Waals surface area contributed by atoms with E-state index < -0.39 is 0 Å². The highest BCUT2D eigenvalue weighted by Gasteiger charge is 2.17. The summed E-state index contributed by atoms with van der Waals surface area (Å²) in [6.07, 6.45) is 3.73. The van der Waals surface area contributed by atoms with E-state index in [1.807, 2.05) is 32.0 Å². The highest BCUT2D eigenvalue weighted by atomic mass is 35.5. The Labute approximate surface area is 145 Å². The third-order valence-electron chi connectivity index (χ3n) is 4.05. The molecule has 6 heteroatoms. The van der Waals surface area contributed by atoms with E-state index in [2.05, 4.69) is 15.0 Å². The van der Waals surface area contributed by atoms with E-state index in [-0.39, 0.29) is 5.91 Å². The van der Waals surface area contributed by atoms with Crippen molar-refractivity contribution < 1.29 is 4.79 Å². The van der Waals surface area contributed by atoms with Crippen molar-refractivity contribution >= 4 is 28.5 Å². The molecule has 124 valence electrons. The van der Waals surface area contributed by atoms with Gasteiger partial charge in [-0.15, -0.1) is 0 Å². The number of carbonyl (C=O) groups is 1. The van der Waals surface area contributed by atoms with Crippen LogP contribution in [0.2, 0.25) is 5.02 Å². The van der Waals surface area contributed by atoms with E-state index in [4.69, 9.17) is 11.6 Å². The van der Waals surface area contributed by atoms with E-state index in [0.29, 0.717) is 30.1 Å². The number of para-hydroxylation sites is 1. The van der Waals surface area contributed by atoms with E-state index >= 15 is 0 Å². The van der Waals surface area contributed by atoms with Gasteiger partial charge in [-0.3, -0.25) is 9.78 Å². The molecule has 0 aliphatic heterocycles. The van der Waals surface area contributed by atoms with E-state index in [0.717, 1.165) is 22.4 Å². The van der Waals surface area contributed by atoms with Gasteiger partial charge in [0.15, 0.2) is 0 Å². The Hall–Kier alpha value is -2.40. The van der Waals surface area contributed by atoms with Crippen LogP contribution in [-0.2, 0) is 6.42 Å². The molecule has 0 saturated carbocycles. The highest BCUT2D eigenvalue weighted by Crippen LogP contribution is 2.18. The second-order valence-electron chi connectivity index (χ2n) is 5.64. The number of amides is 1. The van der Waals surface area contributed by atoms with Crippen LogP contribution < -0.4 is 0 Å². The molecule has 3 aromatic rings. The summed E-state index contributed by atoms with van der Waals surface area (Å²) in [6.45, 7) is 5.18. The highest BCUT2D eigenvalue weighted by molar-refractivity contribution is 6.33. The summed E-state index contributed by atoms with van der Waals surface area (Å²) in [5.74, 6) is 0.795. The molecule has 0 aliphatic rings. The minimum Gasteiger partial charge on any atom is -0.342 e. The number of fused-ring (bicyclic) bond motifs is 1. The maximum absolute atomic E-state index is 12.6. The second kappa shape index (κ2) is 7.01. The summed E-state index contributed by atoms with van der Waals surface area (Å²) < 4.78 is 0. The number of nitrogens with zero attached hydrogens (tertiary/aromatic N) is 3. The Morgan fingerprint density at radius 3 is 2.88 bits per heavy atom. The molecule has 0 saturated heterocycles. The number of nitrogens with one attached hydrogen (secondary N) is 1. The first-order chi connectivity index (χ1) is 11.6. The van der Waals surface area contributed by atoms with Gasteiger partial charge in [-0.1, -0.05) is 23.7 Å². The van der Waals surface area contributed by atoms with Crippen LogP contribution in [0.1, 0.15) is 28.7 Å². The average molecular weight is 343 g/mol. The molecule has 0 bridgehead atoms. The molecule has 3 rings (SSSR count). The minimum atomic E-state index is -0.0859. The molecule has 0 aliphatic carbocycles. The normalized spacial score (nSPS) is 11.0. The van der Waals surface area contributed by atoms with Crippen LogP contribution >= 0.6 is 11.6 Å². The Kier molecular flexibility index (Phi) is 4.81. The number of pyridine rings is 1. The Morgan fingerprint density at radius 1 is 1.33 bits per heavy atom. The lowest BCUT2D eigenvalue weighted by molar-refractivity contribution is 0.0765. The number of benzene rings is 1. The molecule has 1 aromatic carbocycles. The van der Waals surface area contributed by atoms with Crippen molar-refractivity contribution in [1.29, 1.82) is 0 Å². The average Bonchev–Trinajstić information content (AvgIpc) is 3.00. The minimum absolute atomic E-state index is 0.0859. The van der Waals surface area contributed by atoms with Crippen LogP contribution in [0.5, 0.6) is 0 Å². The zero-order valence-corrected chi connectivity index (χ0v) is 14.5. The van der Waals surface area contributed by atoms with Crippen molar-refractivity contribution in [2.24, 2.45) is 0 Å². The fraction of sp³-hybridized carbons (Fsp3) is 0.278. The number of likely N-dealkylation sites (N-methyl/N-ethyl adjacent to an activating group) is 1. The van der Waals surface area contributed by atoms with Gasteiger partial charge < -0.3 is 9.88 Å². The fourth-order valence-electron chi connectivity index (χ4n) is 2.71. The smallest absolute Gasteiger partial charge is 0.255 e. The number of carbonyl (C=O) groups excluding carboxylic acids is 1. The summed E-state index contributed by atoms with van der Waals surface area (Å²) >= 11 is 6.08. The van der Waals surface area contributed by atoms with Gasteiger partial charge in [0.05, 0.1) is 21.6 Å². The van der Waals surface area contributed by atoms with Gasteiger partial charge in [0.1, 0.15) is 5.82 Å². The summed E-state index contributed by atoms with van der Waals surface area (Å²) in [6, 6.07) is 7.71. The molecule has 1 amide bonds. The van der Waals surface area contributed by atoms with Gasteiger partial charge >= 0.3 is 0 Å². The van der Waals surface area contributed by atoms with Gasteiger partial charge in [-0.05, 0) is 31.5 Å². The zero-order chi connectivity index (χ0) is 17.1. The molecular formula is C18H19ClN4O. The van der Waals surface area contributed by atoms with E-state index in [1.165, 1.54) is 6.20 Å². The molecule has 2 aromatic heterocycles. The molecule has 2 heterocycles. The number of H-pyrrole nitrogens is 1. The number of aromatic nitrogens is 3. The Balaban J connectivity index is 1.74. The molecular weight excluding hydrogens is 324 g/mol. The monoisotopic (exact) mass is 342 g/mol. The van der Waals surface area contributed by atoms with Crippen LogP contribution in [0, 0.1) is 6.92 Å². The molecule has 0 spiro atoms. The van der Waals surface area contributed by atoms with Gasteiger partial charge in [0, 0.05) is 31.9 Å². The third kappa shape index (κ3) is 3.26. The van der Waals surface area contributed by atoms with Crippen LogP contribution in [0.25, 0.3) is 11.0 Å². The van der Waals surface area contributed by atoms with E-state index in [1.54, 1.807) is 17.2 Å². The van der Waals surface area contributed by atoms with Gasteiger partial charge in [-0.2, -0.15) is 0 Å². The third-order valence-corrected chi connectivity index (χ3v) is 4.35. The Bertz CT molecular complexity index is 874. The summed E-state index contributed by atoms with van der Waals surface area (Å²) in [5, 5.41) is 0.375. The number of rotatable bonds is 5. The maximum Gasteiger partial charge on any atom is 0.255 e. The largest absolute Gasteiger partial charge is 0.342 e. The molecule has 0 radical (unpaired) electrons. The summed E-state index contributed by atoms with van der Waals surface area (Å²) in [7, 11) is 0. The number of hydrogen-bond donors (Lipinski definition) is 1. The first-order valence-corrected chi connectivity index (χ1v) is 8.31. The first-order valence-electron chi connectivity index (χ1n) is 7.93. The van der Waals surface area contributed by atoms with Crippen molar-refractivity contribution in [2.75, 3.05) is 13.1 Å². The molecule has 0 atom stereocenters. The summed E-state index contributed by atoms with van der Waals surface area (Å²) in [5.41, 5.74) is 3.63. The van der Waals surface area contributed by atoms with Crippen molar-refractivity contribution in [2.45, 2.75) is 20.3 Å². The molecule has 0 unspecified atom stereocenters. The van der Waals surface area contributed by atoms with Crippen molar-refractivity contribution in [3.63, 3.8) is 0 Å². The van der Waals surface area contributed by atoms with Crippen LogP contribution in [0.15, 0.2) is 36.7 Å². The number of aromatic amines is 1. The molecule has 1 N–H and O–H groups in total. The maximum atomic E-state index is 12.6. The SMILES string of the molecule is CCN(CCc1nc2c(C)cccc2[nH]1)C(=O)c1ccncc1Cl. The predicted octanol–water partition coefficient (Wildman–Crippen LogP) is 3.62. The van der Waals surface area contributed by atoms with Crippen molar-refractivity contribution in [3.8, 4) is 0 Å². The number of halogens is 1. The quantitative estimate of drug-likeness (QED) is 0.770. The lowest BCUT2D eigenvalue weighted by Gasteiger charge is -2.20. The lowest BCUT2D eigenvalue weighted by Crippen LogP contribution is -2.33. The number of hydrogen-bond acceptors (Lipinski definition) is 3. The van der Waals surface area contributed by atoms with Gasteiger partial charge in [-0.25, -0.2) is 4.98 Å². The topological polar surface area (TPSA) is 61.9 Å². The van der Waals surface area contributed by atoms with Gasteiger partial charge in [0.2, 0.25) is 0 Å². The van der Waals surface area contributed by atoms with Crippen molar-refractivity contribution in [1.82, 2.24) is 19.9 Å². The van der Waals surface area contributed by atoms with Crippen LogP contribution in [0.3, 0.4) is 0 Å². The second-order valence-corrected chi connectivity index (χ2v) is 6.05. The molecule has 24 heavy (non-hydrogen) atoms. The van der Waals surface area contributed by atoms with Crippen LogP contribution in [-0.4, -0.2) is 38.8 Å². The van der Waals surface area contributed by atoms with E-state index in [9.17, 15) is 4.79 Å². The first kappa shape index (κ1) is 16.5. The fourth-order valence-corrected chi connectivity index (χ4v) is 2.91. The molecule has 5 nitrogen and oxygen atoms in total. The number of imidazole rings is 1. The van der Waals surface area contributed by atoms with Crippen molar-refractivity contribution in [3.05, 3.63) is 58.6 Å². The standard InChI is InChI=1S/C18H19ClN4O/c1-3-23(18(24)13-7-9-20-11-14(13)19)10-8-16-21-15-6-4-5-12(2)17(15)22-16/h4-7,9,11H,3,8,10H2,1-2H3,(H,21,22). The zero-order valence-electron chi connectivity index (χ0n) is 13.7. The summed E-state index contributed by atoms with van der Waals surface area (Å²) in [4.78, 5) is 26.3. The van der Waals surface area contributed by atoms with Gasteiger partial charge in [0.25, 0.3) is 5.91 Å². The predicted molar refractivity (Wildman–Crippen MR) is 95.4 cm³/mol. The lowest BCUT2D eigenvalue weighted by atomic mass is 10.2. The Morgan fingerprint density at radius 2 is 2.17 bits per heavy atom.